The Labute approximate surface area is 165 Å². The lowest BCUT2D eigenvalue weighted by Gasteiger charge is -2.42. The Morgan fingerprint density at radius 2 is 1.96 bits per heavy atom. The number of aliphatic hydroxyl groups is 1. The van der Waals surface area contributed by atoms with Crippen LogP contribution >= 0.6 is 0 Å². The van der Waals surface area contributed by atoms with Gasteiger partial charge in [0.05, 0.1) is 6.10 Å². The third-order valence-electron chi connectivity index (χ3n) is 6.71. The standard InChI is InChI=1S/C24H26N2O2/c1-16-3-6-18(7-4-16)24(10-2-11-24)21-14-25-22-13-17(5-8-20(21)22)23(28)26-12-9-19(27)15-26/h3-8,13-14,19,25,27H,2,9-12,15H2,1H3. The highest BCUT2D eigenvalue weighted by Gasteiger charge is 2.41. The number of nitrogens with zero attached hydrogens (tertiary/aromatic N) is 1. The minimum Gasteiger partial charge on any atom is -0.391 e. The van der Waals surface area contributed by atoms with Crippen molar-refractivity contribution in [3.05, 3.63) is 70.9 Å². The van der Waals surface area contributed by atoms with E-state index in [9.17, 15) is 9.90 Å². The highest BCUT2D eigenvalue weighted by Crippen LogP contribution is 2.51. The van der Waals surface area contributed by atoms with Crippen molar-refractivity contribution in [3.8, 4) is 0 Å². The van der Waals surface area contributed by atoms with E-state index in [2.05, 4.69) is 48.4 Å². The van der Waals surface area contributed by atoms with Gasteiger partial charge in [-0.15, -0.1) is 0 Å². The summed E-state index contributed by atoms with van der Waals surface area (Å²) in [5.74, 6) is 0.00601. The van der Waals surface area contributed by atoms with Gasteiger partial charge in [0.25, 0.3) is 5.91 Å². The zero-order valence-electron chi connectivity index (χ0n) is 16.2. The number of H-pyrrole nitrogens is 1. The number of hydrogen-bond donors (Lipinski definition) is 2. The van der Waals surface area contributed by atoms with Gasteiger partial charge in [-0.25, -0.2) is 0 Å². The van der Waals surface area contributed by atoms with Crippen molar-refractivity contribution < 1.29 is 9.90 Å². The predicted molar refractivity (Wildman–Crippen MR) is 111 cm³/mol. The molecule has 1 unspecified atom stereocenters. The van der Waals surface area contributed by atoms with Gasteiger partial charge >= 0.3 is 0 Å². The number of amides is 1. The van der Waals surface area contributed by atoms with E-state index in [-0.39, 0.29) is 11.3 Å². The molecule has 144 valence electrons. The molecule has 1 atom stereocenters. The first kappa shape index (κ1) is 17.5. The molecule has 28 heavy (non-hydrogen) atoms. The van der Waals surface area contributed by atoms with Crippen molar-refractivity contribution in [1.82, 2.24) is 9.88 Å². The van der Waals surface area contributed by atoms with Crippen LogP contribution in [0.15, 0.2) is 48.7 Å². The number of aryl methyl sites for hydroxylation is 1. The third-order valence-corrected chi connectivity index (χ3v) is 6.71. The molecule has 5 rings (SSSR count). The van der Waals surface area contributed by atoms with Gasteiger partial charge in [-0.2, -0.15) is 0 Å². The molecule has 0 spiro atoms. The number of aromatic amines is 1. The highest BCUT2D eigenvalue weighted by molar-refractivity contribution is 5.99. The van der Waals surface area contributed by atoms with Crippen molar-refractivity contribution in [1.29, 1.82) is 0 Å². The van der Waals surface area contributed by atoms with Crippen molar-refractivity contribution in [3.63, 3.8) is 0 Å². The maximum atomic E-state index is 12.8. The van der Waals surface area contributed by atoms with Crippen molar-refractivity contribution >= 4 is 16.8 Å². The average molecular weight is 374 g/mol. The lowest BCUT2D eigenvalue weighted by Crippen LogP contribution is -2.35. The molecule has 2 fully saturated rings. The van der Waals surface area contributed by atoms with Gasteiger partial charge in [-0.3, -0.25) is 4.79 Å². The molecule has 2 N–H and O–H groups in total. The van der Waals surface area contributed by atoms with Crippen LogP contribution in [-0.2, 0) is 5.41 Å². The Morgan fingerprint density at radius 1 is 1.18 bits per heavy atom. The van der Waals surface area contributed by atoms with E-state index < -0.39 is 6.10 Å². The molecule has 2 aliphatic rings. The van der Waals surface area contributed by atoms with Gasteiger partial charge in [0.1, 0.15) is 0 Å². The van der Waals surface area contributed by atoms with Crippen LogP contribution in [0, 0.1) is 6.92 Å². The Hall–Kier alpha value is -2.59. The van der Waals surface area contributed by atoms with Crippen LogP contribution in [0.4, 0.5) is 0 Å². The van der Waals surface area contributed by atoms with Gasteiger partial charge in [0.2, 0.25) is 0 Å². The summed E-state index contributed by atoms with van der Waals surface area (Å²) in [5, 5.41) is 10.9. The summed E-state index contributed by atoms with van der Waals surface area (Å²) in [6, 6.07) is 14.9. The molecule has 1 amide bonds. The number of carbonyl (C=O) groups excluding carboxylic acids is 1. The summed E-state index contributed by atoms with van der Waals surface area (Å²) in [6.07, 6.45) is 5.98. The fourth-order valence-corrected chi connectivity index (χ4v) is 4.88. The molecule has 4 heteroatoms. The van der Waals surface area contributed by atoms with E-state index in [0.29, 0.717) is 25.1 Å². The minimum atomic E-state index is -0.391. The van der Waals surface area contributed by atoms with Gasteiger partial charge in [-0.1, -0.05) is 42.3 Å². The maximum absolute atomic E-state index is 12.8. The second-order valence-corrected chi connectivity index (χ2v) is 8.46. The van der Waals surface area contributed by atoms with Crippen LogP contribution in [-0.4, -0.2) is 40.1 Å². The van der Waals surface area contributed by atoms with Crippen LogP contribution in [0.1, 0.15) is 52.7 Å². The predicted octanol–water partition coefficient (Wildman–Crippen LogP) is 4.15. The number of fused-ring (bicyclic) bond motifs is 1. The average Bonchev–Trinajstić information content (AvgIpc) is 3.28. The first-order valence-corrected chi connectivity index (χ1v) is 10.2. The summed E-state index contributed by atoms with van der Waals surface area (Å²) >= 11 is 0. The number of aliphatic hydroxyl groups excluding tert-OH is 1. The number of benzene rings is 2. The Bertz CT molecular complexity index is 1030. The third kappa shape index (κ3) is 2.67. The number of nitrogens with one attached hydrogen (secondary N) is 1. The molecular formula is C24H26N2O2. The van der Waals surface area contributed by atoms with Crippen molar-refractivity contribution in [2.24, 2.45) is 0 Å². The monoisotopic (exact) mass is 374 g/mol. The summed E-state index contributed by atoms with van der Waals surface area (Å²) in [7, 11) is 0. The van der Waals surface area contributed by atoms with Crippen molar-refractivity contribution in [2.45, 2.75) is 44.1 Å². The second-order valence-electron chi connectivity index (χ2n) is 8.46. The molecule has 1 saturated carbocycles. The molecule has 3 aromatic rings. The molecule has 0 radical (unpaired) electrons. The summed E-state index contributed by atoms with van der Waals surface area (Å²) in [6.45, 7) is 3.19. The van der Waals surface area contributed by atoms with Crippen LogP contribution in [0.3, 0.4) is 0 Å². The van der Waals surface area contributed by atoms with E-state index >= 15 is 0 Å². The number of aromatic nitrogens is 1. The smallest absolute Gasteiger partial charge is 0.254 e. The number of carbonyl (C=O) groups is 1. The summed E-state index contributed by atoms with van der Waals surface area (Å²) < 4.78 is 0. The van der Waals surface area contributed by atoms with Gasteiger partial charge < -0.3 is 15.0 Å². The number of rotatable bonds is 3. The van der Waals surface area contributed by atoms with Gasteiger partial charge in [0, 0.05) is 41.2 Å². The Kier molecular flexibility index (Phi) is 4.06. The number of likely N-dealkylation sites (tertiary alicyclic amines) is 1. The van der Waals surface area contributed by atoms with E-state index in [0.717, 1.165) is 18.4 Å². The lowest BCUT2D eigenvalue weighted by atomic mass is 9.60. The number of hydrogen-bond acceptors (Lipinski definition) is 2. The first-order valence-electron chi connectivity index (χ1n) is 10.2. The van der Waals surface area contributed by atoms with E-state index in [1.165, 1.54) is 28.5 Å². The van der Waals surface area contributed by atoms with Gasteiger partial charge in [0.15, 0.2) is 0 Å². The second kappa shape index (κ2) is 6.49. The summed E-state index contributed by atoms with van der Waals surface area (Å²) in [5.41, 5.74) is 5.79. The molecule has 1 aromatic heterocycles. The molecular weight excluding hydrogens is 348 g/mol. The largest absolute Gasteiger partial charge is 0.391 e. The molecule has 0 bridgehead atoms. The van der Waals surface area contributed by atoms with Crippen LogP contribution in [0.2, 0.25) is 0 Å². The maximum Gasteiger partial charge on any atom is 0.254 e. The van der Waals surface area contributed by atoms with Crippen molar-refractivity contribution in [2.75, 3.05) is 13.1 Å². The topological polar surface area (TPSA) is 56.3 Å². The van der Waals surface area contributed by atoms with E-state index in [4.69, 9.17) is 0 Å². The van der Waals surface area contributed by atoms with Crippen LogP contribution < -0.4 is 0 Å². The van der Waals surface area contributed by atoms with Crippen LogP contribution in [0.25, 0.3) is 10.9 Å². The van der Waals surface area contributed by atoms with Gasteiger partial charge in [-0.05, 0) is 49.4 Å². The molecule has 4 nitrogen and oxygen atoms in total. The fourth-order valence-electron chi connectivity index (χ4n) is 4.88. The molecule has 1 aliphatic carbocycles. The molecule has 1 aliphatic heterocycles. The zero-order valence-corrected chi connectivity index (χ0v) is 16.2. The number of β-amino-alcohol motifs (C(OH)–C–C–N with tert-alkyl or cyclic N) is 1. The van der Waals surface area contributed by atoms with E-state index in [1.54, 1.807) is 4.90 Å². The van der Waals surface area contributed by atoms with E-state index in [1.807, 2.05) is 12.1 Å². The SMILES string of the molecule is Cc1ccc(C2(c3c[nH]c4cc(C(=O)N5CCC(O)C5)ccc34)CCC2)cc1. The first-order chi connectivity index (χ1) is 13.6. The highest BCUT2D eigenvalue weighted by atomic mass is 16.3. The van der Waals surface area contributed by atoms with Crippen LogP contribution in [0.5, 0.6) is 0 Å². The Balaban J connectivity index is 1.51. The Morgan fingerprint density at radius 3 is 2.61 bits per heavy atom. The molecule has 2 aromatic carbocycles. The zero-order chi connectivity index (χ0) is 19.3. The minimum absolute atomic E-state index is 0.00601. The summed E-state index contributed by atoms with van der Waals surface area (Å²) in [4.78, 5) is 17.9. The molecule has 2 heterocycles. The quantitative estimate of drug-likeness (QED) is 0.723. The fraction of sp³-hybridized carbons (Fsp3) is 0.375. The lowest BCUT2D eigenvalue weighted by molar-refractivity contribution is 0.0765. The molecule has 1 saturated heterocycles. The normalized spacial score (nSPS) is 21.1.